The van der Waals surface area contributed by atoms with Crippen LogP contribution in [0.5, 0.6) is 5.75 Å². The summed E-state index contributed by atoms with van der Waals surface area (Å²) in [7, 11) is 1.61. The molecule has 6 heteroatoms. The number of nitrogens with one attached hydrogen (secondary N) is 1. The molecule has 0 fully saturated rings. The molecular formula is C10H10ClN3OS. The van der Waals surface area contributed by atoms with Crippen LogP contribution < -0.4 is 16.0 Å². The van der Waals surface area contributed by atoms with Gasteiger partial charge in [-0.2, -0.15) is 0 Å². The number of anilines is 1. The number of rotatable bonds is 3. The second-order valence-corrected chi connectivity index (χ2v) is 4.32. The van der Waals surface area contributed by atoms with Gasteiger partial charge in [0.15, 0.2) is 5.82 Å². The third-order valence-corrected chi connectivity index (χ3v) is 3.15. The molecule has 0 aliphatic carbocycles. The van der Waals surface area contributed by atoms with Gasteiger partial charge in [-0.15, -0.1) is 11.3 Å². The largest absolute Gasteiger partial charge is 0.496 e. The summed E-state index contributed by atoms with van der Waals surface area (Å²) in [4.78, 5) is 4.29. The Hall–Kier alpha value is -1.30. The predicted molar refractivity (Wildman–Crippen MR) is 66.9 cm³/mol. The first kappa shape index (κ1) is 11.2. The molecule has 2 rings (SSSR count). The van der Waals surface area contributed by atoms with E-state index in [1.807, 2.05) is 17.5 Å². The van der Waals surface area contributed by atoms with Gasteiger partial charge in [-0.3, -0.25) is 0 Å². The van der Waals surface area contributed by atoms with Crippen LogP contribution in [-0.4, -0.2) is 12.1 Å². The first-order valence-electron chi connectivity index (χ1n) is 4.50. The summed E-state index contributed by atoms with van der Waals surface area (Å²) >= 11 is 7.42. The van der Waals surface area contributed by atoms with E-state index >= 15 is 0 Å². The van der Waals surface area contributed by atoms with E-state index in [4.69, 9.17) is 22.2 Å². The first-order valence-corrected chi connectivity index (χ1v) is 5.76. The number of nitrogens with zero attached hydrogens (tertiary/aromatic N) is 1. The van der Waals surface area contributed by atoms with Crippen LogP contribution in [-0.2, 0) is 0 Å². The standard InChI is InChI=1S/C10H10ClN3OS/c1-15-8-3-2-6(11)4-7(8)10-13-9(14-12)5-16-10/h2-5,14H,12H2,1H3. The lowest BCUT2D eigenvalue weighted by atomic mass is 10.2. The number of hydrogen-bond donors (Lipinski definition) is 2. The molecule has 3 N–H and O–H groups in total. The number of hydrazine groups is 1. The summed E-state index contributed by atoms with van der Waals surface area (Å²) in [5.74, 6) is 6.64. The minimum absolute atomic E-state index is 0.627. The average Bonchev–Trinajstić information content (AvgIpc) is 2.77. The Morgan fingerprint density at radius 1 is 1.50 bits per heavy atom. The van der Waals surface area contributed by atoms with Crippen molar-refractivity contribution in [1.29, 1.82) is 0 Å². The molecule has 1 heterocycles. The van der Waals surface area contributed by atoms with Gasteiger partial charge in [0.1, 0.15) is 10.8 Å². The van der Waals surface area contributed by atoms with E-state index in [0.29, 0.717) is 10.8 Å². The van der Waals surface area contributed by atoms with Crippen LogP contribution in [0.15, 0.2) is 23.6 Å². The van der Waals surface area contributed by atoms with Crippen LogP contribution in [0.3, 0.4) is 0 Å². The quantitative estimate of drug-likeness (QED) is 0.654. The molecule has 0 aliphatic rings. The summed E-state index contributed by atoms with van der Waals surface area (Å²) in [6, 6.07) is 5.41. The normalized spacial score (nSPS) is 10.2. The maximum Gasteiger partial charge on any atom is 0.151 e. The van der Waals surface area contributed by atoms with Crippen molar-refractivity contribution in [3.05, 3.63) is 28.6 Å². The predicted octanol–water partition coefficient (Wildman–Crippen LogP) is 2.76. The van der Waals surface area contributed by atoms with E-state index in [0.717, 1.165) is 16.3 Å². The summed E-state index contributed by atoms with van der Waals surface area (Å²) in [5.41, 5.74) is 3.36. The summed E-state index contributed by atoms with van der Waals surface area (Å²) in [6.07, 6.45) is 0. The number of hydrogen-bond acceptors (Lipinski definition) is 5. The van der Waals surface area contributed by atoms with Gasteiger partial charge in [-0.25, -0.2) is 10.8 Å². The van der Waals surface area contributed by atoms with Gasteiger partial charge in [0.2, 0.25) is 0 Å². The highest BCUT2D eigenvalue weighted by molar-refractivity contribution is 7.13. The topological polar surface area (TPSA) is 60.2 Å². The van der Waals surface area contributed by atoms with Gasteiger partial charge in [0, 0.05) is 10.4 Å². The molecule has 1 aromatic carbocycles. The van der Waals surface area contributed by atoms with E-state index < -0.39 is 0 Å². The zero-order valence-corrected chi connectivity index (χ0v) is 10.1. The monoisotopic (exact) mass is 255 g/mol. The second-order valence-electron chi connectivity index (χ2n) is 3.03. The molecule has 2 aromatic rings. The minimum atomic E-state index is 0.627. The maximum atomic E-state index is 5.95. The lowest BCUT2D eigenvalue weighted by Gasteiger charge is -2.05. The van der Waals surface area contributed by atoms with Gasteiger partial charge in [-0.1, -0.05) is 11.6 Å². The Balaban J connectivity index is 2.49. The van der Waals surface area contributed by atoms with Crippen molar-refractivity contribution >= 4 is 28.8 Å². The molecule has 84 valence electrons. The SMILES string of the molecule is COc1ccc(Cl)cc1-c1nc(NN)cs1. The number of ether oxygens (including phenoxy) is 1. The third kappa shape index (κ3) is 2.11. The van der Waals surface area contributed by atoms with Crippen LogP contribution >= 0.6 is 22.9 Å². The molecule has 0 bridgehead atoms. The average molecular weight is 256 g/mol. The lowest BCUT2D eigenvalue weighted by molar-refractivity contribution is 0.416. The molecule has 0 spiro atoms. The van der Waals surface area contributed by atoms with Crippen LogP contribution in [0.1, 0.15) is 0 Å². The zero-order valence-electron chi connectivity index (χ0n) is 8.53. The fourth-order valence-electron chi connectivity index (χ4n) is 1.31. The van der Waals surface area contributed by atoms with Gasteiger partial charge in [0.05, 0.1) is 12.7 Å². The fraction of sp³-hybridized carbons (Fsp3) is 0.100. The van der Waals surface area contributed by atoms with Gasteiger partial charge >= 0.3 is 0 Å². The Labute approximate surface area is 102 Å². The number of methoxy groups -OCH3 is 1. The van der Waals surface area contributed by atoms with Gasteiger partial charge in [-0.05, 0) is 18.2 Å². The summed E-state index contributed by atoms with van der Waals surface area (Å²) in [6.45, 7) is 0. The van der Waals surface area contributed by atoms with E-state index in [1.54, 1.807) is 13.2 Å². The summed E-state index contributed by atoms with van der Waals surface area (Å²) < 4.78 is 5.25. The van der Waals surface area contributed by atoms with Crippen LogP contribution in [0.2, 0.25) is 5.02 Å². The molecule has 0 aliphatic heterocycles. The zero-order chi connectivity index (χ0) is 11.5. The fourth-order valence-corrected chi connectivity index (χ4v) is 2.26. The number of nitrogen functional groups attached to an aromatic ring is 1. The van der Waals surface area contributed by atoms with Crippen LogP contribution in [0.4, 0.5) is 5.82 Å². The molecule has 0 saturated heterocycles. The van der Waals surface area contributed by atoms with E-state index in [2.05, 4.69) is 10.4 Å². The Morgan fingerprint density at radius 3 is 2.94 bits per heavy atom. The van der Waals surface area contributed by atoms with Gasteiger partial charge in [0.25, 0.3) is 0 Å². The highest BCUT2D eigenvalue weighted by Crippen LogP contribution is 2.35. The molecule has 0 radical (unpaired) electrons. The van der Waals surface area contributed by atoms with Crippen molar-refractivity contribution in [1.82, 2.24) is 4.98 Å². The number of aromatic nitrogens is 1. The number of thiazole rings is 1. The van der Waals surface area contributed by atoms with Crippen LogP contribution in [0, 0.1) is 0 Å². The number of nitrogens with two attached hydrogens (primary N) is 1. The minimum Gasteiger partial charge on any atom is -0.496 e. The Kier molecular flexibility index (Phi) is 3.28. The van der Waals surface area contributed by atoms with Crippen LogP contribution in [0.25, 0.3) is 10.6 Å². The third-order valence-electron chi connectivity index (χ3n) is 2.04. The Morgan fingerprint density at radius 2 is 2.31 bits per heavy atom. The van der Waals surface area contributed by atoms with Crippen molar-refractivity contribution < 1.29 is 4.74 Å². The first-order chi connectivity index (χ1) is 7.74. The van der Waals surface area contributed by atoms with E-state index in [-0.39, 0.29) is 0 Å². The molecule has 0 unspecified atom stereocenters. The highest BCUT2D eigenvalue weighted by Gasteiger charge is 2.10. The molecular weight excluding hydrogens is 246 g/mol. The molecule has 1 aromatic heterocycles. The Bertz CT molecular complexity index is 501. The number of halogens is 1. The van der Waals surface area contributed by atoms with Crippen molar-refractivity contribution in [2.75, 3.05) is 12.5 Å². The molecule has 16 heavy (non-hydrogen) atoms. The molecule has 4 nitrogen and oxygen atoms in total. The number of benzene rings is 1. The molecule has 0 atom stereocenters. The maximum absolute atomic E-state index is 5.95. The van der Waals surface area contributed by atoms with Crippen molar-refractivity contribution in [2.24, 2.45) is 5.84 Å². The smallest absolute Gasteiger partial charge is 0.151 e. The second kappa shape index (κ2) is 4.69. The summed E-state index contributed by atoms with van der Waals surface area (Å²) in [5, 5.41) is 3.29. The van der Waals surface area contributed by atoms with Gasteiger partial charge < -0.3 is 10.2 Å². The van der Waals surface area contributed by atoms with E-state index in [1.165, 1.54) is 11.3 Å². The van der Waals surface area contributed by atoms with Crippen molar-refractivity contribution in [3.8, 4) is 16.3 Å². The highest BCUT2D eigenvalue weighted by atomic mass is 35.5. The lowest BCUT2D eigenvalue weighted by Crippen LogP contribution is -2.06. The van der Waals surface area contributed by atoms with E-state index in [9.17, 15) is 0 Å². The van der Waals surface area contributed by atoms with Crippen molar-refractivity contribution in [3.63, 3.8) is 0 Å². The van der Waals surface area contributed by atoms with Crippen molar-refractivity contribution in [2.45, 2.75) is 0 Å². The molecule has 0 saturated carbocycles. The molecule has 0 amide bonds.